The third-order valence-electron chi connectivity index (χ3n) is 5.47. The van der Waals surface area contributed by atoms with E-state index in [9.17, 15) is 9.90 Å². The Morgan fingerprint density at radius 2 is 1.86 bits per heavy atom. The normalized spacial score (nSPS) is 18.2. The highest BCUT2D eigenvalue weighted by Crippen LogP contribution is 2.20. The van der Waals surface area contributed by atoms with Gasteiger partial charge < -0.3 is 10.4 Å². The van der Waals surface area contributed by atoms with Crippen LogP contribution in [0.25, 0.3) is 0 Å². The van der Waals surface area contributed by atoms with Crippen molar-refractivity contribution >= 4 is 11.6 Å². The summed E-state index contributed by atoms with van der Waals surface area (Å²) in [6.45, 7) is 8.71. The number of rotatable bonds is 7. The van der Waals surface area contributed by atoms with E-state index in [0.717, 1.165) is 44.8 Å². The highest BCUT2D eigenvalue weighted by Gasteiger charge is 2.26. The first-order valence-corrected chi connectivity index (χ1v) is 10.0. The number of aliphatic hydroxyl groups excluding tert-OH is 1. The molecule has 2 aromatic carbocycles. The molecule has 0 aliphatic carbocycles. The van der Waals surface area contributed by atoms with Crippen LogP contribution in [0.15, 0.2) is 48.5 Å². The van der Waals surface area contributed by atoms with Crippen LogP contribution in [-0.4, -0.2) is 53.1 Å². The van der Waals surface area contributed by atoms with Crippen molar-refractivity contribution in [3.63, 3.8) is 0 Å². The van der Waals surface area contributed by atoms with E-state index in [1.165, 1.54) is 23.6 Å². The van der Waals surface area contributed by atoms with Gasteiger partial charge in [-0.05, 0) is 42.2 Å². The van der Waals surface area contributed by atoms with E-state index in [1.807, 2.05) is 12.1 Å². The van der Waals surface area contributed by atoms with Gasteiger partial charge in [0, 0.05) is 58.0 Å². The Morgan fingerprint density at radius 1 is 1.11 bits per heavy atom. The molecule has 2 N–H and O–H groups in total. The van der Waals surface area contributed by atoms with E-state index in [4.69, 9.17) is 0 Å². The number of piperazine rings is 1. The maximum absolute atomic E-state index is 11.2. The molecule has 0 bridgehead atoms. The second-order valence-corrected chi connectivity index (χ2v) is 7.68. The molecular weight excluding hydrogens is 350 g/mol. The van der Waals surface area contributed by atoms with Gasteiger partial charge in [0.15, 0.2) is 0 Å². The Bertz CT molecular complexity index is 776. The third-order valence-corrected chi connectivity index (χ3v) is 5.47. The van der Waals surface area contributed by atoms with Crippen LogP contribution in [0.2, 0.25) is 0 Å². The van der Waals surface area contributed by atoms with E-state index in [1.54, 1.807) is 0 Å². The van der Waals surface area contributed by atoms with E-state index in [-0.39, 0.29) is 12.5 Å². The van der Waals surface area contributed by atoms with Crippen LogP contribution in [0.4, 0.5) is 5.69 Å². The molecule has 2 aromatic rings. The molecular formula is C23H31N3O2. The van der Waals surface area contributed by atoms with Crippen molar-refractivity contribution in [2.45, 2.75) is 39.4 Å². The molecule has 150 valence electrons. The van der Waals surface area contributed by atoms with Crippen LogP contribution in [0.5, 0.6) is 0 Å². The summed E-state index contributed by atoms with van der Waals surface area (Å²) in [6.07, 6.45) is 0.795. The van der Waals surface area contributed by atoms with Crippen molar-refractivity contribution in [3.8, 4) is 0 Å². The molecule has 5 heteroatoms. The van der Waals surface area contributed by atoms with Crippen molar-refractivity contribution in [1.29, 1.82) is 0 Å². The zero-order valence-electron chi connectivity index (χ0n) is 16.9. The Morgan fingerprint density at radius 3 is 2.54 bits per heavy atom. The molecule has 1 fully saturated rings. The Hall–Kier alpha value is -2.21. The third kappa shape index (κ3) is 5.64. The second kappa shape index (κ2) is 9.82. The van der Waals surface area contributed by atoms with Crippen LogP contribution in [-0.2, 0) is 17.9 Å². The maximum Gasteiger partial charge on any atom is 0.221 e. The lowest BCUT2D eigenvalue weighted by atomic mass is 10.0. The summed E-state index contributed by atoms with van der Waals surface area (Å²) in [5.41, 5.74) is 4.76. The molecule has 0 unspecified atom stereocenters. The zero-order valence-corrected chi connectivity index (χ0v) is 16.9. The number of aryl methyl sites for hydroxylation is 1. The van der Waals surface area contributed by atoms with E-state index < -0.39 is 0 Å². The number of carbonyl (C=O) groups is 1. The molecule has 0 saturated carbocycles. The molecule has 1 amide bonds. The van der Waals surface area contributed by atoms with E-state index in [0.29, 0.717) is 6.04 Å². The minimum atomic E-state index is -0.0515. The average molecular weight is 382 g/mol. The number of benzene rings is 2. The number of anilines is 1. The first-order valence-electron chi connectivity index (χ1n) is 10.0. The lowest BCUT2D eigenvalue weighted by Gasteiger charge is -2.41. The number of hydrogen-bond acceptors (Lipinski definition) is 4. The minimum Gasteiger partial charge on any atom is -0.396 e. The first-order chi connectivity index (χ1) is 13.5. The van der Waals surface area contributed by atoms with Gasteiger partial charge in [0.25, 0.3) is 0 Å². The number of amides is 1. The SMILES string of the molecule is CC(=O)Nc1ccc(CN2CCN(Cc3ccccc3C)[C@H](CCO)C2)cc1. The summed E-state index contributed by atoms with van der Waals surface area (Å²) < 4.78 is 0. The van der Waals surface area contributed by atoms with Crippen molar-refractivity contribution in [1.82, 2.24) is 9.80 Å². The highest BCUT2D eigenvalue weighted by molar-refractivity contribution is 5.88. The minimum absolute atomic E-state index is 0.0515. The molecule has 1 aliphatic rings. The molecule has 0 spiro atoms. The van der Waals surface area contributed by atoms with Gasteiger partial charge >= 0.3 is 0 Å². The van der Waals surface area contributed by atoms with Crippen LogP contribution < -0.4 is 5.32 Å². The van der Waals surface area contributed by atoms with E-state index >= 15 is 0 Å². The van der Waals surface area contributed by atoms with Crippen LogP contribution >= 0.6 is 0 Å². The van der Waals surface area contributed by atoms with Crippen molar-refractivity contribution in [2.24, 2.45) is 0 Å². The standard InChI is InChI=1S/C23H31N3O2/c1-18-5-3-4-6-21(18)16-26-13-12-25(17-23(26)11-14-27)15-20-7-9-22(10-8-20)24-19(2)28/h3-10,23,27H,11-17H2,1-2H3,(H,24,28)/t23-/m1/s1. The second-order valence-electron chi connectivity index (χ2n) is 7.68. The molecule has 1 atom stereocenters. The highest BCUT2D eigenvalue weighted by atomic mass is 16.3. The smallest absolute Gasteiger partial charge is 0.221 e. The van der Waals surface area contributed by atoms with Crippen molar-refractivity contribution in [2.75, 3.05) is 31.6 Å². The monoisotopic (exact) mass is 381 g/mol. The molecule has 3 rings (SSSR count). The number of nitrogens with zero attached hydrogens (tertiary/aromatic N) is 2. The number of hydrogen-bond donors (Lipinski definition) is 2. The van der Waals surface area contributed by atoms with Gasteiger partial charge in [0.1, 0.15) is 0 Å². The molecule has 1 heterocycles. The zero-order chi connectivity index (χ0) is 19.9. The molecule has 0 radical (unpaired) electrons. The Labute approximate surface area is 168 Å². The van der Waals surface area contributed by atoms with Gasteiger partial charge in [-0.15, -0.1) is 0 Å². The van der Waals surface area contributed by atoms with Crippen LogP contribution in [0.1, 0.15) is 30.0 Å². The van der Waals surface area contributed by atoms with Crippen molar-refractivity contribution < 1.29 is 9.90 Å². The molecule has 5 nitrogen and oxygen atoms in total. The average Bonchev–Trinajstić information content (AvgIpc) is 2.67. The summed E-state index contributed by atoms with van der Waals surface area (Å²) >= 11 is 0. The summed E-state index contributed by atoms with van der Waals surface area (Å²) in [7, 11) is 0. The van der Waals surface area contributed by atoms with Gasteiger partial charge in [-0.25, -0.2) is 0 Å². The predicted octanol–water partition coefficient (Wildman–Crippen LogP) is 3.02. The summed E-state index contributed by atoms with van der Waals surface area (Å²) in [5.74, 6) is -0.0515. The van der Waals surface area contributed by atoms with Gasteiger partial charge in [-0.2, -0.15) is 0 Å². The first kappa shape index (κ1) is 20.5. The quantitative estimate of drug-likeness (QED) is 0.774. The van der Waals surface area contributed by atoms with Gasteiger partial charge in [0.05, 0.1) is 0 Å². The number of carbonyl (C=O) groups excluding carboxylic acids is 1. The van der Waals surface area contributed by atoms with Crippen LogP contribution in [0, 0.1) is 6.92 Å². The van der Waals surface area contributed by atoms with Crippen LogP contribution in [0.3, 0.4) is 0 Å². The molecule has 1 aliphatic heterocycles. The lowest BCUT2D eigenvalue weighted by Crippen LogP contribution is -2.52. The Balaban J connectivity index is 1.60. The van der Waals surface area contributed by atoms with E-state index in [2.05, 4.69) is 58.4 Å². The van der Waals surface area contributed by atoms with Gasteiger partial charge in [0.2, 0.25) is 5.91 Å². The van der Waals surface area contributed by atoms with Gasteiger partial charge in [-0.3, -0.25) is 14.6 Å². The maximum atomic E-state index is 11.2. The molecule has 1 saturated heterocycles. The largest absolute Gasteiger partial charge is 0.396 e. The molecule has 0 aromatic heterocycles. The predicted molar refractivity (Wildman–Crippen MR) is 113 cm³/mol. The topological polar surface area (TPSA) is 55.8 Å². The number of aliphatic hydroxyl groups is 1. The summed E-state index contributed by atoms with van der Waals surface area (Å²) in [5, 5.41) is 12.4. The molecule has 28 heavy (non-hydrogen) atoms. The fourth-order valence-electron chi connectivity index (χ4n) is 3.89. The fraction of sp³-hybridized carbons (Fsp3) is 0.435. The Kier molecular flexibility index (Phi) is 7.20. The lowest BCUT2D eigenvalue weighted by molar-refractivity contribution is -0.114. The summed E-state index contributed by atoms with van der Waals surface area (Å²) in [4.78, 5) is 16.1. The fourth-order valence-corrected chi connectivity index (χ4v) is 3.89. The van der Waals surface area contributed by atoms with Gasteiger partial charge in [-0.1, -0.05) is 36.4 Å². The summed E-state index contributed by atoms with van der Waals surface area (Å²) in [6, 6.07) is 17.0. The number of nitrogens with one attached hydrogen (secondary N) is 1. The van der Waals surface area contributed by atoms with Crippen molar-refractivity contribution in [3.05, 3.63) is 65.2 Å².